The van der Waals surface area contributed by atoms with Gasteiger partial charge in [0.15, 0.2) is 0 Å². The highest BCUT2D eigenvalue weighted by Crippen LogP contribution is 2.34. The molecular weight excluding hydrogens is 280 g/mol. The van der Waals surface area contributed by atoms with E-state index >= 15 is 0 Å². The van der Waals surface area contributed by atoms with Gasteiger partial charge in [0.2, 0.25) is 5.91 Å². The molecule has 0 spiro atoms. The van der Waals surface area contributed by atoms with Crippen LogP contribution in [0.5, 0.6) is 0 Å². The van der Waals surface area contributed by atoms with E-state index in [0.29, 0.717) is 23.8 Å². The highest BCUT2D eigenvalue weighted by molar-refractivity contribution is 7.99. The molecule has 0 aromatic carbocycles. The first-order chi connectivity index (χ1) is 10.0. The molecule has 1 N–H and O–H groups in total. The van der Waals surface area contributed by atoms with Crippen molar-refractivity contribution in [2.24, 2.45) is 11.8 Å². The van der Waals surface area contributed by atoms with E-state index in [1.807, 2.05) is 11.8 Å². The van der Waals surface area contributed by atoms with E-state index < -0.39 is 0 Å². The average molecular weight is 313 g/mol. The molecule has 2 fully saturated rings. The molecule has 1 aliphatic carbocycles. The zero-order chi connectivity index (χ0) is 15.4. The minimum Gasteiger partial charge on any atom is -0.322 e. The molecule has 4 heteroatoms. The average Bonchev–Trinajstić information content (AvgIpc) is 3.05. The molecule has 0 radical (unpaired) electrons. The van der Waals surface area contributed by atoms with Gasteiger partial charge in [-0.2, -0.15) is 11.8 Å². The van der Waals surface area contributed by atoms with E-state index in [1.54, 1.807) is 0 Å². The van der Waals surface area contributed by atoms with Crippen molar-refractivity contribution in [3.63, 3.8) is 0 Å². The monoisotopic (exact) mass is 312 g/mol. The molecule has 0 aromatic rings. The normalized spacial score (nSPS) is 28.8. The van der Waals surface area contributed by atoms with Crippen molar-refractivity contribution < 1.29 is 4.79 Å². The number of carbonyl (C=O) groups is 1. The van der Waals surface area contributed by atoms with Gasteiger partial charge in [-0.25, -0.2) is 0 Å². The summed E-state index contributed by atoms with van der Waals surface area (Å²) in [5.41, 5.74) is 0. The van der Waals surface area contributed by atoms with Gasteiger partial charge in [-0.1, -0.05) is 33.6 Å². The predicted octanol–water partition coefficient (Wildman–Crippen LogP) is 3.49. The molecule has 1 saturated carbocycles. The second-order valence-electron chi connectivity index (χ2n) is 7.09. The molecule has 0 bridgehead atoms. The van der Waals surface area contributed by atoms with Gasteiger partial charge in [-0.3, -0.25) is 10.1 Å². The molecule has 1 saturated heterocycles. The zero-order valence-electron chi connectivity index (χ0n) is 14.1. The van der Waals surface area contributed by atoms with E-state index in [9.17, 15) is 4.79 Å². The molecule has 1 aliphatic heterocycles. The molecule has 3 nitrogen and oxygen atoms in total. The summed E-state index contributed by atoms with van der Waals surface area (Å²) in [5.74, 6) is 3.77. The maximum atomic E-state index is 12.9. The third-order valence-electron chi connectivity index (χ3n) is 4.82. The number of hydrogen-bond acceptors (Lipinski definition) is 3. The van der Waals surface area contributed by atoms with E-state index in [0.717, 1.165) is 17.9 Å². The molecule has 0 aromatic heterocycles. The molecule has 2 rings (SSSR count). The number of nitrogens with zero attached hydrogens (tertiary/aromatic N) is 1. The summed E-state index contributed by atoms with van der Waals surface area (Å²) in [4.78, 5) is 15.1. The summed E-state index contributed by atoms with van der Waals surface area (Å²) in [6.07, 6.45) is 6.48. The summed E-state index contributed by atoms with van der Waals surface area (Å²) < 4.78 is 0. The first-order valence-electron chi connectivity index (χ1n) is 8.70. The van der Waals surface area contributed by atoms with E-state index in [1.165, 1.54) is 25.7 Å². The Morgan fingerprint density at radius 3 is 2.52 bits per heavy atom. The number of amides is 1. The molecular formula is C17H32N2OS. The van der Waals surface area contributed by atoms with Crippen LogP contribution in [0, 0.1) is 11.8 Å². The Hall–Kier alpha value is -0.220. The molecule has 1 heterocycles. The highest BCUT2D eigenvalue weighted by atomic mass is 32.2. The van der Waals surface area contributed by atoms with Crippen LogP contribution in [0.2, 0.25) is 0 Å². The third-order valence-corrected chi connectivity index (χ3v) is 5.94. The van der Waals surface area contributed by atoms with Crippen LogP contribution in [-0.2, 0) is 4.79 Å². The van der Waals surface area contributed by atoms with Crippen LogP contribution in [-0.4, -0.2) is 40.6 Å². The number of nitrogens with one attached hydrogen (secondary N) is 1. The van der Waals surface area contributed by atoms with Crippen LogP contribution in [0.4, 0.5) is 0 Å². The minimum absolute atomic E-state index is 0.0460. The summed E-state index contributed by atoms with van der Waals surface area (Å²) in [7, 11) is 0. The first kappa shape index (κ1) is 17.1. The van der Waals surface area contributed by atoms with Crippen LogP contribution in [0.15, 0.2) is 0 Å². The topological polar surface area (TPSA) is 32.3 Å². The molecule has 1 amide bonds. The summed E-state index contributed by atoms with van der Waals surface area (Å²) in [6.45, 7) is 8.83. The minimum atomic E-state index is 0.0460. The van der Waals surface area contributed by atoms with Crippen LogP contribution in [0.3, 0.4) is 0 Å². The Balaban J connectivity index is 2.08. The molecule has 3 atom stereocenters. The third kappa shape index (κ3) is 4.16. The second-order valence-corrected chi connectivity index (χ2v) is 8.41. The van der Waals surface area contributed by atoms with Gasteiger partial charge in [-0.15, -0.1) is 0 Å². The predicted molar refractivity (Wildman–Crippen MR) is 91.4 cm³/mol. The quantitative estimate of drug-likeness (QED) is 0.781. The van der Waals surface area contributed by atoms with Crippen molar-refractivity contribution in [3.8, 4) is 0 Å². The summed E-state index contributed by atoms with van der Waals surface area (Å²) in [5, 5.41) is 3.69. The zero-order valence-corrected chi connectivity index (χ0v) is 14.9. The van der Waals surface area contributed by atoms with Gasteiger partial charge >= 0.3 is 0 Å². The van der Waals surface area contributed by atoms with Crippen LogP contribution in [0.1, 0.15) is 59.8 Å². The van der Waals surface area contributed by atoms with Crippen LogP contribution >= 0.6 is 11.8 Å². The van der Waals surface area contributed by atoms with Crippen LogP contribution in [0.25, 0.3) is 0 Å². The van der Waals surface area contributed by atoms with Crippen molar-refractivity contribution >= 4 is 17.7 Å². The number of thioether (sulfide) groups is 1. The SMILES string of the molecule is CCSCC(C)N1C(=O)C(CC(C)C)NC1C1CCCC1. The maximum absolute atomic E-state index is 12.9. The summed E-state index contributed by atoms with van der Waals surface area (Å²) in [6, 6.07) is 0.391. The lowest BCUT2D eigenvalue weighted by atomic mass is 10.0. The largest absolute Gasteiger partial charge is 0.322 e. The lowest BCUT2D eigenvalue weighted by Gasteiger charge is -2.33. The Morgan fingerprint density at radius 2 is 1.95 bits per heavy atom. The van der Waals surface area contributed by atoms with Crippen molar-refractivity contribution in [1.29, 1.82) is 0 Å². The van der Waals surface area contributed by atoms with Gasteiger partial charge in [0.1, 0.15) is 0 Å². The number of hydrogen-bond donors (Lipinski definition) is 1. The smallest absolute Gasteiger partial charge is 0.241 e. The molecule has 3 unspecified atom stereocenters. The highest BCUT2D eigenvalue weighted by Gasteiger charge is 2.44. The van der Waals surface area contributed by atoms with Gasteiger partial charge in [-0.05, 0) is 43.8 Å². The molecule has 122 valence electrons. The standard InChI is InChI=1S/C17H32N2OS/c1-5-21-11-13(4)19-16(14-8-6-7-9-14)18-15(17(19)20)10-12(2)3/h12-16,18H,5-11H2,1-4H3. The second kappa shape index (κ2) is 7.87. The van der Waals surface area contributed by atoms with Crippen LogP contribution < -0.4 is 5.32 Å². The fourth-order valence-corrected chi connectivity index (χ4v) is 4.55. The lowest BCUT2D eigenvalue weighted by Crippen LogP contribution is -2.48. The molecule has 2 aliphatic rings. The van der Waals surface area contributed by atoms with Crippen molar-refractivity contribution in [2.75, 3.05) is 11.5 Å². The Bertz CT molecular complexity index is 342. The van der Waals surface area contributed by atoms with E-state index in [4.69, 9.17) is 0 Å². The van der Waals surface area contributed by atoms with Gasteiger partial charge in [0.05, 0.1) is 12.2 Å². The van der Waals surface area contributed by atoms with E-state index in [-0.39, 0.29) is 12.2 Å². The summed E-state index contributed by atoms with van der Waals surface area (Å²) >= 11 is 1.94. The van der Waals surface area contributed by atoms with Crippen molar-refractivity contribution in [1.82, 2.24) is 10.2 Å². The van der Waals surface area contributed by atoms with Gasteiger partial charge in [0.25, 0.3) is 0 Å². The Labute approximate surface area is 134 Å². The van der Waals surface area contributed by atoms with Gasteiger partial charge < -0.3 is 4.90 Å². The first-order valence-corrected chi connectivity index (χ1v) is 9.86. The number of rotatable bonds is 7. The van der Waals surface area contributed by atoms with Crippen molar-refractivity contribution in [3.05, 3.63) is 0 Å². The fourth-order valence-electron chi connectivity index (χ4n) is 3.81. The van der Waals surface area contributed by atoms with Gasteiger partial charge in [0, 0.05) is 11.8 Å². The van der Waals surface area contributed by atoms with Crippen molar-refractivity contribution in [2.45, 2.75) is 78.0 Å². The fraction of sp³-hybridized carbons (Fsp3) is 0.941. The lowest BCUT2D eigenvalue weighted by molar-refractivity contribution is -0.132. The van der Waals surface area contributed by atoms with E-state index in [2.05, 4.69) is 37.9 Å². The number of carbonyl (C=O) groups excluding carboxylic acids is 1. The Kier molecular flexibility index (Phi) is 6.42. The molecule has 21 heavy (non-hydrogen) atoms. The Morgan fingerprint density at radius 1 is 1.29 bits per heavy atom. The maximum Gasteiger partial charge on any atom is 0.241 e.